The highest BCUT2D eigenvalue weighted by Crippen LogP contribution is 2.30. The molecular weight excluding hydrogens is 366 g/mol. The van der Waals surface area contributed by atoms with Crippen LogP contribution in [0.15, 0.2) is 47.1 Å². The molecule has 8 heteroatoms. The first-order chi connectivity index (χ1) is 13.5. The lowest BCUT2D eigenvalue weighted by Crippen LogP contribution is -2.45. The monoisotopic (exact) mass is 384 g/mol. The van der Waals surface area contributed by atoms with Crippen LogP contribution in [0.5, 0.6) is 0 Å². The van der Waals surface area contributed by atoms with Gasteiger partial charge in [0.2, 0.25) is 0 Å². The van der Waals surface area contributed by atoms with Gasteiger partial charge in [-0.25, -0.2) is 13.8 Å². The Morgan fingerprint density at radius 3 is 2.57 bits per heavy atom. The van der Waals surface area contributed by atoms with E-state index in [2.05, 4.69) is 15.1 Å². The van der Waals surface area contributed by atoms with Crippen LogP contribution in [0.4, 0.5) is 8.78 Å². The molecule has 1 aromatic carbocycles. The topological polar surface area (TPSA) is 72.1 Å². The Bertz CT molecular complexity index is 973. The number of rotatable bonds is 3. The minimum atomic E-state index is -0.445. The quantitative estimate of drug-likeness (QED) is 0.687. The molecule has 2 aromatic heterocycles. The molecule has 1 aliphatic heterocycles. The van der Waals surface area contributed by atoms with Gasteiger partial charge in [0.15, 0.2) is 5.82 Å². The van der Waals surface area contributed by atoms with Crippen LogP contribution < -0.4 is 0 Å². The normalized spacial score (nSPS) is 19.6. The van der Waals surface area contributed by atoms with E-state index >= 15 is 0 Å². The van der Waals surface area contributed by atoms with Crippen LogP contribution in [0, 0.1) is 11.6 Å². The third-order valence-corrected chi connectivity index (χ3v) is 4.99. The van der Waals surface area contributed by atoms with Crippen LogP contribution in [-0.2, 0) is 0 Å². The molecule has 6 nitrogen and oxygen atoms in total. The van der Waals surface area contributed by atoms with Gasteiger partial charge >= 0.3 is 0 Å². The first-order valence-electron chi connectivity index (χ1n) is 9.03. The molecule has 0 aliphatic carbocycles. The van der Waals surface area contributed by atoms with Gasteiger partial charge in [0.05, 0.1) is 6.20 Å². The van der Waals surface area contributed by atoms with Crippen molar-refractivity contribution in [3.63, 3.8) is 0 Å². The van der Waals surface area contributed by atoms with Gasteiger partial charge in [0, 0.05) is 24.1 Å². The van der Waals surface area contributed by atoms with E-state index in [1.54, 1.807) is 4.90 Å². The van der Waals surface area contributed by atoms with E-state index in [9.17, 15) is 13.6 Å². The third kappa shape index (κ3) is 3.62. The predicted molar refractivity (Wildman–Crippen MR) is 96.4 cm³/mol. The van der Waals surface area contributed by atoms with Crippen molar-refractivity contribution in [2.75, 3.05) is 6.54 Å². The summed E-state index contributed by atoms with van der Waals surface area (Å²) in [5, 5.41) is 4.03. The summed E-state index contributed by atoms with van der Waals surface area (Å²) in [6.07, 6.45) is 2.69. The fourth-order valence-corrected chi connectivity index (χ4v) is 3.37. The molecule has 0 radical (unpaired) electrons. The van der Waals surface area contributed by atoms with Gasteiger partial charge in [-0.1, -0.05) is 5.16 Å². The first-order valence-corrected chi connectivity index (χ1v) is 9.03. The summed E-state index contributed by atoms with van der Waals surface area (Å²) >= 11 is 0. The number of likely N-dealkylation sites (tertiary alicyclic amines) is 1. The lowest BCUT2D eigenvalue weighted by Gasteiger charge is -2.37. The Balaban J connectivity index is 1.52. The van der Waals surface area contributed by atoms with Gasteiger partial charge in [-0.3, -0.25) is 4.79 Å². The van der Waals surface area contributed by atoms with Crippen molar-refractivity contribution in [3.05, 3.63) is 65.6 Å². The second-order valence-corrected chi connectivity index (χ2v) is 6.91. The van der Waals surface area contributed by atoms with Crippen molar-refractivity contribution >= 4 is 5.91 Å². The van der Waals surface area contributed by atoms with Gasteiger partial charge in [-0.15, -0.1) is 0 Å². The van der Waals surface area contributed by atoms with Crippen LogP contribution in [0.2, 0.25) is 0 Å². The fourth-order valence-electron chi connectivity index (χ4n) is 3.37. The maximum Gasteiger partial charge on any atom is 0.276 e. The predicted octanol–water partition coefficient (Wildman–Crippen LogP) is 3.82. The Hall–Kier alpha value is -3.16. The maximum absolute atomic E-state index is 13.1. The molecule has 1 aliphatic rings. The summed E-state index contributed by atoms with van der Waals surface area (Å²) < 4.78 is 31.4. The summed E-state index contributed by atoms with van der Waals surface area (Å²) in [4.78, 5) is 22.9. The highest BCUT2D eigenvalue weighted by atomic mass is 19.1. The number of aromatic nitrogens is 3. The van der Waals surface area contributed by atoms with Gasteiger partial charge in [0.1, 0.15) is 17.3 Å². The molecule has 1 fully saturated rings. The van der Waals surface area contributed by atoms with Gasteiger partial charge in [-0.2, -0.15) is 4.98 Å². The Morgan fingerprint density at radius 1 is 1.11 bits per heavy atom. The minimum Gasteiger partial charge on any atom is -0.335 e. The van der Waals surface area contributed by atoms with E-state index in [1.807, 2.05) is 6.92 Å². The smallest absolute Gasteiger partial charge is 0.276 e. The molecule has 144 valence electrons. The first kappa shape index (κ1) is 18.2. The zero-order valence-corrected chi connectivity index (χ0v) is 15.2. The molecule has 0 bridgehead atoms. The molecule has 3 aromatic rings. The summed E-state index contributed by atoms with van der Waals surface area (Å²) in [5.74, 6) is -0.357. The number of piperidine rings is 1. The van der Waals surface area contributed by atoms with Crippen LogP contribution in [0.1, 0.15) is 41.9 Å². The number of amides is 1. The Kier molecular flexibility index (Phi) is 4.85. The summed E-state index contributed by atoms with van der Waals surface area (Å²) in [6.45, 7) is 2.43. The summed E-state index contributed by atoms with van der Waals surface area (Å²) in [7, 11) is 0. The van der Waals surface area contributed by atoms with Crippen molar-refractivity contribution in [3.8, 4) is 11.6 Å². The zero-order chi connectivity index (χ0) is 19.7. The fraction of sp³-hybridized carbons (Fsp3) is 0.300. The standard InChI is InChI=1S/C20H18F2N4O2/c1-12-2-3-14(11-26(12)20(27)13-4-6-15(21)7-5-13)18-24-19(28-25-18)17-9-8-16(22)10-23-17/h4-10,12,14H,2-3,11H2,1H3. The number of carbonyl (C=O) groups excluding carboxylic acids is 1. The molecule has 2 atom stereocenters. The lowest BCUT2D eigenvalue weighted by atomic mass is 9.92. The molecule has 0 N–H and O–H groups in total. The van der Waals surface area contributed by atoms with Crippen LogP contribution in [0.3, 0.4) is 0 Å². The molecule has 3 heterocycles. The Labute approximate surface area is 160 Å². The minimum absolute atomic E-state index is 0.0546. The van der Waals surface area contributed by atoms with Gasteiger partial charge in [0.25, 0.3) is 11.8 Å². The van der Waals surface area contributed by atoms with E-state index in [1.165, 1.54) is 36.4 Å². The average molecular weight is 384 g/mol. The molecule has 4 rings (SSSR count). The van der Waals surface area contributed by atoms with Crippen molar-refractivity contribution < 1.29 is 18.1 Å². The number of pyridine rings is 1. The molecule has 1 amide bonds. The van der Waals surface area contributed by atoms with E-state index in [4.69, 9.17) is 4.52 Å². The van der Waals surface area contributed by atoms with E-state index in [0.717, 1.165) is 19.0 Å². The largest absolute Gasteiger partial charge is 0.335 e. The average Bonchev–Trinajstić information content (AvgIpc) is 3.19. The number of carbonyl (C=O) groups is 1. The van der Waals surface area contributed by atoms with E-state index in [0.29, 0.717) is 23.6 Å². The van der Waals surface area contributed by atoms with Crippen LogP contribution in [0.25, 0.3) is 11.6 Å². The molecule has 0 spiro atoms. The van der Waals surface area contributed by atoms with E-state index < -0.39 is 5.82 Å². The number of benzene rings is 1. The van der Waals surface area contributed by atoms with Crippen LogP contribution >= 0.6 is 0 Å². The molecule has 28 heavy (non-hydrogen) atoms. The lowest BCUT2D eigenvalue weighted by molar-refractivity contribution is 0.0604. The highest BCUT2D eigenvalue weighted by molar-refractivity contribution is 5.94. The number of hydrogen-bond donors (Lipinski definition) is 0. The van der Waals surface area contributed by atoms with Crippen molar-refractivity contribution in [2.24, 2.45) is 0 Å². The van der Waals surface area contributed by atoms with Gasteiger partial charge in [-0.05, 0) is 56.2 Å². The molecule has 2 unspecified atom stereocenters. The SMILES string of the molecule is CC1CCC(c2noc(-c3ccc(F)cn3)n2)CN1C(=O)c1ccc(F)cc1. The highest BCUT2D eigenvalue weighted by Gasteiger charge is 2.32. The van der Waals surface area contributed by atoms with E-state index in [-0.39, 0.29) is 29.6 Å². The number of nitrogens with zero attached hydrogens (tertiary/aromatic N) is 4. The summed E-state index contributed by atoms with van der Waals surface area (Å²) in [5.41, 5.74) is 0.835. The van der Waals surface area contributed by atoms with Crippen molar-refractivity contribution in [1.29, 1.82) is 0 Å². The molecule has 1 saturated heterocycles. The van der Waals surface area contributed by atoms with Crippen molar-refractivity contribution in [2.45, 2.75) is 31.7 Å². The zero-order valence-electron chi connectivity index (χ0n) is 15.2. The van der Waals surface area contributed by atoms with Crippen molar-refractivity contribution in [1.82, 2.24) is 20.0 Å². The molecular formula is C20H18F2N4O2. The van der Waals surface area contributed by atoms with Crippen LogP contribution in [-0.4, -0.2) is 38.5 Å². The second kappa shape index (κ2) is 7.46. The van der Waals surface area contributed by atoms with Gasteiger partial charge < -0.3 is 9.42 Å². The maximum atomic E-state index is 13.1. The Morgan fingerprint density at radius 2 is 1.86 bits per heavy atom. The summed E-state index contributed by atoms with van der Waals surface area (Å²) in [6, 6.07) is 8.33. The number of hydrogen-bond acceptors (Lipinski definition) is 5. The number of halogens is 2. The third-order valence-electron chi connectivity index (χ3n) is 4.99. The molecule has 0 saturated carbocycles. The second-order valence-electron chi connectivity index (χ2n) is 6.91.